The van der Waals surface area contributed by atoms with Crippen LogP contribution in [-0.4, -0.2) is 28.9 Å². The van der Waals surface area contributed by atoms with Gasteiger partial charge < -0.3 is 15.7 Å². The van der Waals surface area contributed by atoms with Gasteiger partial charge in [-0.3, -0.25) is 9.59 Å². The van der Waals surface area contributed by atoms with Gasteiger partial charge in [0.1, 0.15) is 11.9 Å². The van der Waals surface area contributed by atoms with Gasteiger partial charge in [0, 0.05) is 11.3 Å². The zero-order valence-corrected chi connectivity index (χ0v) is 15.1. The minimum absolute atomic E-state index is 0.111. The molecule has 142 valence electrons. The zero-order chi connectivity index (χ0) is 20.0. The predicted octanol–water partition coefficient (Wildman–Crippen LogP) is 3.37. The van der Waals surface area contributed by atoms with E-state index in [-0.39, 0.29) is 11.1 Å². The van der Waals surface area contributed by atoms with Crippen molar-refractivity contribution in [1.29, 1.82) is 0 Å². The molecule has 2 rings (SSSR count). The first kappa shape index (κ1) is 20.1. The van der Waals surface area contributed by atoms with Crippen LogP contribution in [0.5, 0.6) is 0 Å². The summed E-state index contributed by atoms with van der Waals surface area (Å²) in [5.74, 6) is -2.95. The van der Waals surface area contributed by atoms with Gasteiger partial charge >= 0.3 is 5.97 Å². The molecule has 0 heterocycles. The molecule has 0 aromatic heterocycles. The highest BCUT2D eigenvalue weighted by molar-refractivity contribution is 6.06. The number of carbonyl (C=O) groups excluding carboxylic acids is 2. The van der Waals surface area contributed by atoms with Crippen molar-refractivity contribution in [1.82, 2.24) is 5.32 Å². The summed E-state index contributed by atoms with van der Waals surface area (Å²) in [6.45, 7) is 3.56. The van der Waals surface area contributed by atoms with Gasteiger partial charge in [0.15, 0.2) is 0 Å². The normalized spacial score (nSPS) is 11.5. The van der Waals surface area contributed by atoms with Crippen LogP contribution in [0.15, 0.2) is 42.5 Å². The van der Waals surface area contributed by atoms with Crippen molar-refractivity contribution in [2.45, 2.75) is 32.7 Å². The Labute approximate surface area is 156 Å². The average Bonchev–Trinajstić information content (AvgIpc) is 2.63. The number of hydrogen-bond acceptors (Lipinski definition) is 3. The van der Waals surface area contributed by atoms with Crippen LogP contribution >= 0.6 is 0 Å². The number of nitrogens with one attached hydrogen (secondary N) is 2. The molecule has 2 amide bonds. The lowest BCUT2D eigenvalue weighted by Gasteiger charge is -2.15. The van der Waals surface area contributed by atoms with E-state index in [9.17, 15) is 18.8 Å². The van der Waals surface area contributed by atoms with Crippen LogP contribution in [-0.2, 0) is 4.79 Å². The highest BCUT2D eigenvalue weighted by Gasteiger charge is 2.20. The van der Waals surface area contributed by atoms with Crippen LogP contribution in [0.2, 0.25) is 0 Å². The van der Waals surface area contributed by atoms with Crippen LogP contribution in [0.25, 0.3) is 0 Å². The number of aliphatic carboxylic acids is 1. The molecular formula is C20H21FN2O4. The number of aryl methyl sites for hydroxylation is 1. The second-order valence-corrected chi connectivity index (χ2v) is 6.12. The van der Waals surface area contributed by atoms with Crippen molar-refractivity contribution in [2.24, 2.45) is 0 Å². The molecule has 0 spiro atoms. The number of benzene rings is 2. The van der Waals surface area contributed by atoms with E-state index in [1.54, 1.807) is 19.1 Å². The third kappa shape index (κ3) is 5.13. The molecular weight excluding hydrogens is 351 g/mol. The Morgan fingerprint density at radius 1 is 1.11 bits per heavy atom. The first-order chi connectivity index (χ1) is 12.8. The lowest BCUT2D eigenvalue weighted by Crippen LogP contribution is -2.40. The molecule has 27 heavy (non-hydrogen) atoms. The molecule has 0 aliphatic carbocycles. The van der Waals surface area contributed by atoms with Gasteiger partial charge in [0.05, 0.1) is 5.56 Å². The van der Waals surface area contributed by atoms with Gasteiger partial charge in [-0.25, -0.2) is 9.18 Å². The smallest absolute Gasteiger partial charge is 0.326 e. The molecule has 0 fully saturated rings. The fourth-order valence-corrected chi connectivity index (χ4v) is 2.52. The van der Waals surface area contributed by atoms with Crippen LogP contribution in [0, 0.1) is 12.7 Å². The van der Waals surface area contributed by atoms with Crippen molar-refractivity contribution in [3.8, 4) is 0 Å². The minimum Gasteiger partial charge on any atom is -0.480 e. The van der Waals surface area contributed by atoms with Crippen LogP contribution < -0.4 is 10.6 Å². The molecule has 1 atom stereocenters. The molecule has 0 aliphatic rings. The largest absolute Gasteiger partial charge is 0.480 e. The maximum Gasteiger partial charge on any atom is 0.326 e. The second-order valence-electron chi connectivity index (χ2n) is 6.12. The Kier molecular flexibility index (Phi) is 6.65. The molecule has 0 saturated heterocycles. The maximum atomic E-state index is 13.8. The quantitative estimate of drug-likeness (QED) is 0.694. The maximum absolute atomic E-state index is 13.8. The number of carboxylic acid groups (broad SMARTS) is 1. The first-order valence-corrected chi connectivity index (χ1v) is 8.53. The van der Waals surface area contributed by atoms with Gasteiger partial charge in [-0.1, -0.05) is 31.5 Å². The monoisotopic (exact) mass is 372 g/mol. The molecule has 1 unspecified atom stereocenters. The summed E-state index contributed by atoms with van der Waals surface area (Å²) < 4.78 is 13.8. The molecule has 0 radical (unpaired) electrons. The molecule has 7 heteroatoms. The van der Waals surface area contributed by atoms with E-state index < -0.39 is 29.6 Å². The van der Waals surface area contributed by atoms with Crippen molar-refractivity contribution in [2.75, 3.05) is 5.32 Å². The second kappa shape index (κ2) is 8.93. The summed E-state index contributed by atoms with van der Waals surface area (Å²) in [6.07, 6.45) is 0.916. The van der Waals surface area contributed by atoms with Gasteiger partial charge in [-0.15, -0.1) is 0 Å². The Morgan fingerprint density at radius 3 is 2.44 bits per heavy atom. The van der Waals surface area contributed by atoms with Crippen LogP contribution in [0.1, 0.15) is 46.0 Å². The highest BCUT2D eigenvalue weighted by Crippen LogP contribution is 2.19. The summed E-state index contributed by atoms with van der Waals surface area (Å²) >= 11 is 0. The van der Waals surface area contributed by atoms with E-state index in [2.05, 4.69) is 10.6 Å². The fourth-order valence-electron chi connectivity index (χ4n) is 2.52. The van der Waals surface area contributed by atoms with E-state index in [0.29, 0.717) is 24.1 Å². The number of halogens is 1. The lowest BCUT2D eigenvalue weighted by molar-refractivity contribution is -0.139. The van der Waals surface area contributed by atoms with E-state index in [1.807, 2.05) is 6.92 Å². The summed E-state index contributed by atoms with van der Waals surface area (Å²) in [7, 11) is 0. The highest BCUT2D eigenvalue weighted by atomic mass is 19.1. The van der Waals surface area contributed by atoms with E-state index >= 15 is 0 Å². The van der Waals surface area contributed by atoms with Crippen molar-refractivity contribution in [3.05, 3.63) is 65.0 Å². The molecule has 2 aromatic carbocycles. The third-order valence-electron chi connectivity index (χ3n) is 4.05. The number of anilines is 1. The van der Waals surface area contributed by atoms with Crippen molar-refractivity contribution in [3.63, 3.8) is 0 Å². The SMILES string of the molecule is CCCC(NC(=O)c1ccc(C)c(NC(=O)c2ccccc2F)c1)C(=O)O. The number of hydrogen-bond donors (Lipinski definition) is 3. The summed E-state index contributed by atoms with van der Waals surface area (Å²) in [5.41, 5.74) is 1.12. The van der Waals surface area contributed by atoms with Crippen molar-refractivity contribution >= 4 is 23.5 Å². The van der Waals surface area contributed by atoms with E-state index in [4.69, 9.17) is 5.11 Å². The van der Waals surface area contributed by atoms with E-state index in [1.165, 1.54) is 30.3 Å². The topological polar surface area (TPSA) is 95.5 Å². The summed E-state index contributed by atoms with van der Waals surface area (Å²) in [4.78, 5) is 35.9. The Hall–Kier alpha value is -3.22. The standard InChI is InChI=1S/C20H21FN2O4/c1-3-6-16(20(26)27)22-18(24)13-10-9-12(2)17(11-13)23-19(25)14-7-4-5-8-15(14)21/h4-5,7-11,16H,3,6H2,1-2H3,(H,22,24)(H,23,25)(H,26,27). The number of rotatable bonds is 7. The first-order valence-electron chi connectivity index (χ1n) is 8.53. The summed E-state index contributed by atoms with van der Waals surface area (Å²) in [6, 6.07) is 9.19. The Morgan fingerprint density at radius 2 is 1.81 bits per heavy atom. The van der Waals surface area contributed by atoms with E-state index in [0.717, 1.165) is 0 Å². The van der Waals surface area contributed by atoms with Gasteiger partial charge in [-0.05, 0) is 43.2 Å². The fraction of sp³-hybridized carbons (Fsp3) is 0.250. The average molecular weight is 372 g/mol. The molecule has 0 saturated carbocycles. The van der Waals surface area contributed by atoms with Gasteiger partial charge in [0.25, 0.3) is 11.8 Å². The summed E-state index contributed by atoms with van der Waals surface area (Å²) in [5, 5.41) is 14.2. The minimum atomic E-state index is -1.11. The van der Waals surface area contributed by atoms with Gasteiger partial charge in [0.2, 0.25) is 0 Å². The van der Waals surface area contributed by atoms with Crippen molar-refractivity contribution < 1.29 is 23.9 Å². The molecule has 6 nitrogen and oxygen atoms in total. The van der Waals surface area contributed by atoms with Crippen LogP contribution in [0.3, 0.4) is 0 Å². The Bertz CT molecular complexity index is 867. The molecule has 0 aliphatic heterocycles. The van der Waals surface area contributed by atoms with Gasteiger partial charge in [-0.2, -0.15) is 0 Å². The predicted molar refractivity (Wildman–Crippen MR) is 99.3 cm³/mol. The molecule has 2 aromatic rings. The zero-order valence-electron chi connectivity index (χ0n) is 15.1. The van der Waals surface area contributed by atoms with Crippen LogP contribution in [0.4, 0.5) is 10.1 Å². The lowest BCUT2D eigenvalue weighted by atomic mass is 10.1. The third-order valence-corrected chi connectivity index (χ3v) is 4.05. The molecule has 0 bridgehead atoms. The molecule has 3 N–H and O–H groups in total. The Balaban J connectivity index is 2.20. The number of carboxylic acids is 1. The number of carbonyl (C=O) groups is 3. The number of amides is 2.